The molecule has 0 heterocycles. The van der Waals surface area contributed by atoms with Gasteiger partial charge in [-0.1, -0.05) is 86.0 Å². The molecule has 0 spiro atoms. The van der Waals surface area contributed by atoms with Crippen molar-refractivity contribution in [2.45, 2.75) is 19.6 Å². The molecule has 2 rings (SSSR count). The van der Waals surface area contributed by atoms with Crippen LogP contribution in [-0.2, 0) is 0 Å². The first kappa shape index (κ1) is 14.1. The van der Waals surface area contributed by atoms with Crippen LogP contribution in [0.4, 0.5) is 0 Å². The van der Waals surface area contributed by atoms with Crippen LogP contribution in [0.2, 0.25) is 19.6 Å². The van der Waals surface area contributed by atoms with Gasteiger partial charge in [-0.3, -0.25) is 0 Å². The Labute approximate surface area is 118 Å². The number of hydrogen-bond acceptors (Lipinski definition) is 0. The van der Waals surface area contributed by atoms with Crippen LogP contribution in [0.1, 0.15) is 0 Å². The normalized spacial score (nSPS) is 10.9. The molecule has 96 valence electrons. The Bertz CT molecular complexity index is 534. The lowest BCUT2D eigenvalue weighted by Crippen LogP contribution is -2.17. The van der Waals surface area contributed by atoms with Crippen molar-refractivity contribution in [1.82, 2.24) is 0 Å². The number of rotatable bonds is 2. The molecule has 0 aliphatic carbocycles. The van der Waals surface area contributed by atoms with Crippen molar-refractivity contribution in [2.75, 3.05) is 0 Å². The molecule has 0 aliphatic rings. The van der Waals surface area contributed by atoms with Crippen molar-refractivity contribution in [2.24, 2.45) is 0 Å². The molecule has 0 bridgehead atoms. The fourth-order valence-corrected chi connectivity index (χ4v) is 4.94. The minimum absolute atomic E-state index is 0.542. The molecule has 0 atom stereocenters. The maximum Gasteiger partial charge on any atom is 0.129 e. The first-order chi connectivity index (χ1) is 9.06. The smallest absolute Gasteiger partial charge is 0.127 e. The summed E-state index contributed by atoms with van der Waals surface area (Å²) in [5.41, 5.74) is 7.11. The first-order valence-electron chi connectivity index (χ1n) is 6.49. The Morgan fingerprint density at radius 1 is 0.737 bits per heavy atom. The van der Waals surface area contributed by atoms with Crippen LogP contribution in [0, 0.1) is 11.2 Å². The zero-order chi connectivity index (χ0) is 13.7. The van der Waals surface area contributed by atoms with Gasteiger partial charge in [0, 0.05) is 7.92 Å². The lowest BCUT2D eigenvalue weighted by Gasteiger charge is -2.13. The third-order valence-electron chi connectivity index (χ3n) is 2.57. The summed E-state index contributed by atoms with van der Waals surface area (Å²) in [6.45, 7) is 6.89. The molecule has 0 saturated carbocycles. The average Bonchev–Trinajstić information content (AvgIpc) is 2.40. The van der Waals surface area contributed by atoms with E-state index >= 15 is 0 Å². The van der Waals surface area contributed by atoms with Gasteiger partial charge in [0.05, 0.1) is 0 Å². The van der Waals surface area contributed by atoms with Crippen molar-refractivity contribution < 1.29 is 0 Å². The second-order valence-corrected chi connectivity index (χ2v) is 12.2. The maximum atomic E-state index is 3.57. The van der Waals surface area contributed by atoms with Crippen molar-refractivity contribution in [3.8, 4) is 11.2 Å². The minimum atomic E-state index is -1.33. The van der Waals surface area contributed by atoms with Crippen LogP contribution in [0.25, 0.3) is 0 Å². The summed E-state index contributed by atoms with van der Waals surface area (Å²) in [5, 5.41) is 2.68. The molecule has 2 aromatic rings. The third kappa shape index (κ3) is 4.35. The van der Waals surface area contributed by atoms with E-state index in [4.69, 9.17) is 0 Å². The highest BCUT2D eigenvalue weighted by Gasteiger charge is 2.13. The number of benzene rings is 2. The van der Waals surface area contributed by atoms with Crippen LogP contribution in [0.15, 0.2) is 60.7 Å². The number of hydrogen-bond donors (Lipinski definition) is 0. The van der Waals surface area contributed by atoms with Crippen molar-refractivity contribution in [3.05, 3.63) is 60.7 Å². The Hall–Kier alpha value is -1.35. The topological polar surface area (TPSA) is 0 Å². The molecule has 0 nitrogen and oxygen atoms in total. The van der Waals surface area contributed by atoms with E-state index in [9.17, 15) is 0 Å². The van der Waals surface area contributed by atoms with Gasteiger partial charge in [0.1, 0.15) is 8.07 Å². The maximum absolute atomic E-state index is 3.57. The third-order valence-corrected chi connectivity index (χ3v) is 5.62. The second kappa shape index (κ2) is 6.20. The van der Waals surface area contributed by atoms with Crippen LogP contribution < -0.4 is 10.6 Å². The highest BCUT2D eigenvalue weighted by molar-refractivity contribution is 7.77. The summed E-state index contributed by atoms with van der Waals surface area (Å²) in [6.07, 6.45) is 0. The van der Waals surface area contributed by atoms with E-state index in [0.29, 0.717) is 0 Å². The van der Waals surface area contributed by atoms with Gasteiger partial charge < -0.3 is 0 Å². The molecule has 0 amide bonds. The zero-order valence-electron chi connectivity index (χ0n) is 11.7. The molecule has 2 aromatic carbocycles. The molecule has 0 saturated heterocycles. The summed E-state index contributed by atoms with van der Waals surface area (Å²) in [7, 11) is -1.87. The van der Waals surface area contributed by atoms with Gasteiger partial charge in [0.15, 0.2) is 0 Å². The van der Waals surface area contributed by atoms with Gasteiger partial charge >= 0.3 is 0 Å². The Kier molecular flexibility index (Phi) is 4.59. The van der Waals surface area contributed by atoms with E-state index in [1.165, 1.54) is 10.6 Å². The quantitative estimate of drug-likeness (QED) is 0.444. The van der Waals surface area contributed by atoms with Gasteiger partial charge in [0.2, 0.25) is 0 Å². The molecule has 2 heteroatoms. The lowest BCUT2D eigenvalue weighted by molar-refractivity contribution is 1.75. The van der Waals surface area contributed by atoms with Gasteiger partial charge in [0.25, 0.3) is 0 Å². The van der Waals surface area contributed by atoms with Gasteiger partial charge in [-0.2, -0.15) is 0 Å². The van der Waals surface area contributed by atoms with Gasteiger partial charge in [-0.15, -0.1) is 5.54 Å². The molecule has 0 aliphatic heterocycles. The van der Waals surface area contributed by atoms with Crippen LogP contribution in [0.5, 0.6) is 0 Å². The SMILES string of the molecule is C[Si](C)(C)C#CP(c1ccccc1)c1ccccc1. The van der Waals surface area contributed by atoms with E-state index in [1.54, 1.807) is 0 Å². The molecule has 0 unspecified atom stereocenters. The Morgan fingerprint density at radius 3 is 1.53 bits per heavy atom. The summed E-state index contributed by atoms with van der Waals surface area (Å²) < 4.78 is 0. The molecule has 0 fully saturated rings. The monoisotopic (exact) mass is 282 g/mol. The molecule has 0 radical (unpaired) electrons. The van der Waals surface area contributed by atoms with Crippen molar-refractivity contribution in [3.63, 3.8) is 0 Å². The minimum Gasteiger partial charge on any atom is -0.127 e. The summed E-state index contributed by atoms with van der Waals surface area (Å²) in [5.74, 6) is 0. The van der Waals surface area contributed by atoms with E-state index in [2.05, 4.69) is 91.5 Å². The molecule has 0 N–H and O–H groups in total. The summed E-state index contributed by atoms with van der Waals surface area (Å²) in [6, 6.07) is 21.3. The predicted octanol–water partition coefficient (Wildman–Crippen LogP) is 3.96. The lowest BCUT2D eigenvalue weighted by atomic mass is 10.4. The fourth-order valence-electron chi connectivity index (χ4n) is 1.66. The highest BCUT2D eigenvalue weighted by Crippen LogP contribution is 2.31. The molecular formula is C17H19PSi. The molecule has 0 aromatic heterocycles. The highest BCUT2D eigenvalue weighted by atomic mass is 31.1. The Morgan fingerprint density at radius 2 is 1.16 bits per heavy atom. The first-order valence-corrected chi connectivity index (χ1v) is 11.3. The van der Waals surface area contributed by atoms with E-state index in [1.807, 2.05) is 0 Å². The van der Waals surface area contributed by atoms with E-state index < -0.39 is 16.0 Å². The van der Waals surface area contributed by atoms with Crippen molar-refractivity contribution in [1.29, 1.82) is 0 Å². The van der Waals surface area contributed by atoms with E-state index in [-0.39, 0.29) is 0 Å². The largest absolute Gasteiger partial charge is 0.129 e. The fraction of sp³-hybridized carbons (Fsp3) is 0.176. The summed E-state index contributed by atoms with van der Waals surface area (Å²) >= 11 is 0. The molecular weight excluding hydrogens is 263 g/mol. The van der Waals surface area contributed by atoms with Gasteiger partial charge in [-0.05, 0) is 10.6 Å². The van der Waals surface area contributed by atoms with Crippen molar-refractivity contribution >= 4 is 26.6 Å². The zero-order valence-corrected chi connectivity index (χ0v) is 13.6. The summed E-state index contributed by atoms with van der Waals surface area (Å²) in [4.78, 5) is 0. The average molecular weight is 282 g/mol. The molecule has 19 heavy (non-hydrogen) atoms. The van der Waals surface area contributed by atoms with E-state index in [0.717, 1.165) is 0 Å². The predicted molar refractivity (Wildman–Crippen MR) is 90.2 cm³/mol. The second-order valence-electron chi connectivity index (χ2n) is 5.49. The van der Waals surface area contributed by atoms with Crippen LogP contribution in [0.3, 0.4) is 0 Å². The van der Waals surface area contributed by atoms with Gasteiger partial charge in [-0.25, -0.2) is 0 Å². The van der Waals surface area contributed by atoms with Crippen LogP contribution in [-0.4, -0.2) is 8.07 Å². The van der Waals surface area contributed by atoms with Crippen LogP contribution >= 0.6 is 7.92 Å². The standard InChI is InChI=1S/C17H19PSi/c1-19(2,3)15-14-18(16-10-6-4-7-11-16)17-12-8-5-9-13-17/h4-13H,1-3H3. The Balaban J connectivity index is 2.42.